The number of aromatic carboxylic acids is 1. The van der Waals surface area contributed by atoms with Gasteiger partial charge in [0, 0.05) is 45.6 Å². The Kier molecular flexibility index (Phi) is 6.12. The molecule has 0 radical (unpaired) electrons. The van der Waals surface area contributed by atoms with Gasteiger partial charge in [-0.05, 0) is 43.7 Å². The first kappa shape index (κ1) is 22.6. The van der Waals surface area contributed by atoms with Crippen LogP contribution in [-0.2, 0) is 4.74 Å². The Balaban J connectivity index is 1.67. The average Bonchev–Trinajstić information content (AvgIpc) is 3.52. The second kappa shape index (κ2) is 9.21. The zero-order chi connectivity index (χ0) is 23.8. The van der Waals surface area contributed by atoms with Gasteiger partial charge >= 0.3 is 5.97 Å². The number of nitrogens with zero attached hydrogens (tertiary/aromatic N) is 6. The molecule has 5 heterocycles. The molecule has 0 atom stereocenters. The molecule has 2 aliphatic rings. The van der Waals surface area contributed by atoms with E-state index < -0.39 is 5.97 Å². The van der Waals surface area contributed by atoms with Crippen molar-refractivity contribution in [2.75, 3.05) is 43.1 Å². The summed E-state index contributed by atoms with van der Waals surface area (Å²) in [5.41, 5.74) is 3.25. The largest absolute Gasteiger partial charge is 0.477 e. The van der Waals surface area contributed by atoms with Crippen molar-refractivity contribution in [3.8, 4) is 5.69 Å². The van der Waals surface area contributed by atoms with Gasteiger partial charge in [-0.15, -0.1) is 0 Å². The highest BCUT2D eigenvalue weighted by Crippen LogP contribution is 2.36. The first-order chi connectivity index (χ1) is 16.5. The Bertz CT molecular complexity index is 1190. The summed E-state index contributed by atoms with van der Waals surface area (Å²) in [5, 5.41) is 15.8. The SMILES string of the molecule is COC1CCN(c2cc(C(=O)O)nc3c2c(C(C)C)nn3-c2ccnc(N3CCCC3)c2)CC1. The molecule has 180 valence electrons. The van der Waals surface area contributed by atoms with Crippen LogP contribution in [0.5, 0.6) is 0 Å². The maximum absolute atomic E-state index is 12.0. The highest BCUT2D eigenvalue weighted by atomic mass is 16.5. The number of rotatable bonds is 6. The van der Waals surface area contributed by atoms with Gasteiger partial charge in [-0.1, -0.05) is 13.8 Å². The lowest BCUT2D eigenvalue weighted by Crippen LogP contribution is -2.37. The summed E-state index contributed by atoms with van der Waals surface area (Å²) in [6.45, 7) is 7.81. The lowest BCUT2D eigenvalue weighted by molar-refractivity contribution is 0.0690. The lowest BCUT2D eigenvalue weighted by atomic mass is 10.0. The van der Waals surface area contributed by atoms with Crippen molar-refractivity contribution >= 4 is 28.5 Å². The van der Waals surface area contributed by atoms with E-state index in [-0.39, 0.29) is 17.7 Å². The van der Waals surface area contributed by atoms with E-state index in [1.807, 2.05) is 12.1 Å². The Morgan fingerprint density at radius 2 is 1.85 bits per heavy atom. The molecule has 9 heteroatoms. The quantitative estimate of drug-likeness (QED) is 0.588. The number of ether oxygens (including phenoxy) is 1. The summed E-state index contributed by atoms with van der Waals surface area (Å²) in [4.78, 5) is 25.7. The fourth-order valence-corrected chi connectivity index (χ4v) is 5.06. The number of carbonyl (C=O) groups is 1. The molecule has 1 N–H and O–H groups in total. The van der Waals surface area contributed by atoms with Crippen LogP contribution >= 0.6 is 0 Å². The number of pyridine rings is 2. The van der Waals surface area contributed by atoms with Crippen molar-refractivity contribution in [1.29, 1.82) is 0 Å². The van der Waals surface area contributed by atoms with Crippen LogP contribution in [0, 0.1) is 0 Å². The van der Waals surface area contributed by atoms with Crippen molar-refractivity contribution in [3.63, 3.8) is 0 Å². The van der Waals surface area contributed by atoms with Crippen molar-refractivity contribution < 1.29 is 14.6 Å². The number of aromatic nitrogens is 4. The third-order valence-corrected chi connectivity index (χ3v) is 6.93. The highest BCUT2D eigenvalue weighted by Gasteiger charge is 2.27. The smallest absolute Gasteiger partial charge is 0.354 e. The minimum absolute atomic E-state index is 0.0293. The van der Waals surface area contributed by atoms with Gasteiger partial charge in [0.2, 0.25) is 0 Å². The van der Waals surface area contributed by atoms with Crippen LogP contribution in [0.1, 0.15) is 61.6 Å². The van der Waals surface area contributed by atoms with Gasteiger partial charge < -0.3 is 19.6 Å². The fraction of sp³-hybridized carbons (Fsp3) is 0.520. The summed E-state index contributed by atoms with van der Waals surface area (Å²) in [5.74, 6) is 0.0265. The first-order valence-corrected chi connectivity index (χ1v) is 12.1. The lowest BCUT2D eigenvalue weighted by Gasteiger charge is -2.33. The molecule has 0 aliphatic carbocycles. The molecule has 5 rings (SSSR count). The summed E-state index contributed by atoms with van der Waals surface area (Å²) in [6.07, 6.45) is 6.17. The topological polar surface area (TPSA) is 96.6 Å². The summed E-state index contributed by atoms with van der Waals surface area (Å²) in [7, 11) is 1.75. The van der Waals surface area contributed by atoms with Gasteiger partial charge in [-0.2, -0.15) is 5.10 Å². The Hall–Kier alpha value is -3.20. The molecule has 2 saturated heterocycles. The number of methoxy groups -OCH3 is 1. The van der Waals surface area contributed by atoms with Crippen molar-refractivity contribution in [2.45, 2.75) is 51.6 Å². The minimum Gasteiger partial charge on any atom is -0.477 e. The van der Waals surface area contributed by atoms with Crippen LogP contribution in [0.4, 0.5) is 11.5 Å². The second-order valence-electron chi connectivity index (χ2n) is 9.47. The number of anilines is 2. The van der Waals surface area contributed by atoms with E-state index in [0.717, 1.165) is 67.3 Å². The van der Waals surface area contributed by atoms with Gasteiger partial charge in [0.1, 0.15) is 5.82 Å². The number of carboxylic acid groups (broad SMARTS) is 1. The third kappa shape index (κ3) is 4.09. The van der Waals surface area contributed by atoms with Gasteiger partial charge in [0.05, 0.1) is 28.6 Å². The molecule has 3 aromatic heterocycles. The number of piperidine rings is 1. The zero-order valence-electron chi connectivity index (χ0n) is 20.1. The van der Waals surface area contributed by atoms with Crippen LogP contribution < -0.4 is 9.80 Å². The van der Waals surface area contributed by atoms with Crippen LogP contribution in [0.2, 0.25) is 0 Å². The molecule has 0 bridgehead atoms. The van der Waals surface area contributed by atoms with E-state index >= 15 is 0 Å². The Morgan fingerprint density at radius 3 is 2.50 bits per heavy atom. The monoisotopic (exact) mass is 464 g/mol. The summed E-state index contributed by atoms with van der Waals surface area (Å²) >= 11 is 0. The van der Waals surface area contributed by atoms with Gasteiger partial charge in [-0.3, -0.25) is 0 Å². The van der Waals surface area contributed by atoms with Crippen molar-refractivity contribution in [2.24, 2.45) is 0 Å². The second-order valence-corrected chi connectivity index (χ2v) is 9.47. The molecule has 2 fully saturated rings. The number of carboxylic acids is 1. The average molecular weight is 465 g/mol. The van der Waals surface area contributed by atoms with Gasteiger partial charge in [-0.25, -0.2) is 19.4 Å². The number of hydrogen-bond acceptors (Lipinski definition) is 7. The molecule has 9 nitrogen and oxygen atoms in total. The van der Waals surface area contributed by atoms with Crippen molar-refractivity contribution in [3.05, 3.63) is 35.8 Å². The molecule has 0 amide bonds. The molecule has 0 aromatic carbocycles. The fourth-order valence-electron chi connectivity index (χ4n) is 5.06. The number of hydrogen-bond donors (Lipinski definition) is 1. The summed E-state index contributed by atoms with van der Waals surface area (Å²) in [6, 6.07) is 5.65. The minimum atomic E-state index is -1.04. The zero-order valence-corrected chi connectivity index (χ0v) is 20.1. The Labute approximate surface area is 199 Å². The maximum Gasteiger partial charge on any atom is 0.354 e. The van der Waals surface area contributed by atoms with E-state index in [1.165, 1.54) is 12.8 Å². The molecule has 0 saturated carbocycles. The normalized spacial score (nSPS) is 17.3. The predicted molar refractivity (Wildman–Crippen MR) is 131 cm³/mol. The van der Waals surface area contributed by atoms with Crippen LogP contribution in [0.3, 0.4) is 0 Å². The molecule has 3 aromatic rings. The molecule has 0 unspecified atom stereocenters. The first-order valence-electron chi connectivity index (χ1n) is 12.1. The predicted octanol–water partition coefficient (Wildman–Crippen LogP) is 3.85. The van der Waals surface area contributed by atoms with Crippen molar-refractivity contribution in [1.82, 2.24) is 19.7 Å². The Morgan fingerprint density at radius 1 is 1.12 bits per heavy atom. The maximum atomic E-state index is 12.0. The molecule has 2 aliphatic heterocycles. The molecular formula is C25H32N6O3. The van der Waals surface area contributed by atoms with E-state index in [1.54, 1.807) is 24.1 Å². The standard InChI is InChI=1S/C25H32N6O3/c1-16(2)23-22-20(29-12-7-18(34-3)8-13-29)15-19(25(32)33)27-24(22)31(28-23)17-6-9-26-21(14-17)30-10-4-5-11-30/h6,9,14-16,18H,4-5,7-8,10-13H2,1-3H3,(H,32,33). The van der Waals surface area contributed by atoms with Crippen LogP contribution in [0.15, 0.2) is 24.4 Å². The van der Waals surface area contributed by atoms with Gasteiger partial charge in [0.25, 0.3) is 0 Å². The van der Waals surface area contributed by atoms with Gasteiger partial charge in [0.15, 0.2) is 11.3 Å². The third-order valence-electron chi connectivity index (χ3n) is 6.93. The van der Waals surface area contributed by atoms with Crippen LogP contribution in [-0.4, -0.2) is 70.2 Å². The summed E-state index contributed by atoms with van der Waals surface area (Å²) < 4.78 is 7.34. The van der Waals surface area contributed by atoms with Crippen LogP contribution in [0.25, 0.3) is 16.7 Å². The highest BCUT2D eigenvalue weighted by molar-refractivity contribution is 5.98. The molecule has 34 heavy (non-hydrogen) atoms. The number of fused-ring (bicyclic) bond motifs is 1. The van der Waals surface area contributed by atoms with E-state index in [2.05, 4.69) is 33.6 Å². The van der Waals surface area contributed by atoms with E-state index in [9.17, 15) is 9.90 Å². The van der Waals surface area contributed by atoms with E-state index in [4.69, 9.17) is 9.84 Å². The molecule has 0 spiro atoms. The van der Waals surface area contributed by atoms with E-state index in [0.29, 0.717) is 5.65 Å². The molecular weight excluding hydrogens is 432 g/mol.